The summed E-state index contributed by atoms with van der Waals surface area (Å²) in [6.45, 7) is 1.69. The van der Waals surface area contributed by atoms with Crippen LogP contribution in [0.4, 0.5) is 18.9 Å². The van der Waals surface area contributed by atoms with E-state index in [1.807, 2.05) is 6.07 Å². The summed E-state index contributed by atoms with van der Waals surface area (Å²) in [6.07, 6.45) is -3.88. The summed E-state index contributed by atoms with van der Waals surface area (Å²) in [5.41, 5.74) is 0.0858. The number of alkyl halides is 3. The highest BCUT2D eigenvalue weighted by Crippen LogP contribution is 2.32. The molecule has 0 aliphatic carbocycles. The van der Waals surface area contributed by atoms with E-state index in [1.54, 1.807) is 18.2 Å². The number of hydrogen-bond donors (Lipinski definition) is 3. The first-order chi connectivity index (χ1) is 16.1. The van der Waals surface area contributed by atoms with Crippen molar-refractivity contribution in [2.75, 3.05) is 18.5 Å². The number of ether oxygens (including phenoxy) is 1. The largest absolute Gasteiger partial charge is 0.490 e. The topological polar surface area (TPSA) is 96.1 Å². The lowest BCUT2D eigenvalue weighted by Gasteiger charge is -2.13. The Kier molecular flexibility index (Phi) is 7.96. The molecule has 1 aromatic heterocycles. The minimum absolute atomic E-state index is 0.0344. The molecular formula is C23H18BrF3N4O3. The van der Waals surface area contributed by atoms with Crippen LogP contribution >= 0.6 is 15.9 Å². The Hall–Kier alpha value is -3.78. The predicted octanol–water partition coefficient (Wildman–Crippen LogP) is 4.36. The maximum absolute atomic E-state index is 12.9. The van der Waals surface area contributed by atoms with Crippen molar-refractivity contribution in [3.63, 3.8) is 0 Å². The van der Waals surface area contributed by atoms with Crippen LogP contribution in [0.3, 0.4) is 0 Å². The molecule has 3 N–H and O–H groups in total. The molecule has 2 amide bonds. The van der Waals surface area contributed by atoms with Gasteiger partial charge in [-0.1, -0.05) is 27.9 Å². The van der Waals surface area contributed by atoms with Gasteiger partial charge in [-0.2, -0.15) is 13.2 Å². The van der Waals surface area contributed by atoms with Gasteiger partial charge in [0, 0.05) is 28.4 Å². The Morgan fingerprint density at radius 3 is 2.68 bits per heavy atom. The zero-order valence-corrected chi connectivity index (χ0v) is 19.3. The van der Waals surface area contributed by atoms with Crippen LogP contribution in [0.5, 0.6) is 5.75 Å². The molecule has 3 aromatic rings. The van der Waals surface area contributed by atoms with E-state index in [0.29, 0.717) is 17.3 Å². The number of rotatable bonds is 6. The monoisotopic (exact) mass is 534 g/mol. The molecule has 2 aromatic carbocycles. The van der Waals surface area contributed by atoms with Crippen LogP contribution < -0.4 is 15.4 Å². The van der Waals surface area contributed by atoms with E-state index in [2.05, 4.69) is 48.4 Å². The predicted molar refractivity (Wildman–Crippen MR) is 123 cm³/mol. The molecule has 0 bridgehead atoms. The summed E-state index contributed by atoms with van der Waals surface area (Å²) in [7, 11) is 0. The fourth-order valence-electron chi connectivity index (χ4n) is 2.75. The average Bonchev–Trinajstić information content (AvgIpc) is 3.27. The number of halogens is 4. The van der Waals surface area contributed by atoms with E-state index >= 15 is 0 Å². The Bertz CT molecular complexity index is 1260. The van der Waals surface area contributed by atoms with Gasteiger partial charge >= 0.3 is 12.1 Å². The fourth-order valence-corrected chi connectivity index (χ4v) is 3.15. The Morgan fingerprint density at radius 1 is 1.21 bits per heavy atom. The summed E-state index contributed by atoms with van der Waals surface area (Å²) >= 11 is 3.33. The Morgan fingerprint density at radius 2 is 2.00 bits per heavy atom. The van der Waals surface area contributed by atoms with E-state index in [4.69, 9.17) is 4.74 Å². The lowest BCUT2D eigenvalue weighted by molar-refractivity contribution is -0.140. The van der Waals surface area contributed by atoms with Gasteiger partial charge in [-0.3, -0.25) is 9.59 Å². The van der Waals surface area contributed by atoms with E-state index in [9.17, 15) is 22.8 Å². The molecule has 0 aliphatic rings. The SMILES string of the molecule is CC(=O)NCCOc1ccc(-c2ncc(C(F)(F)F)[nH]2)cc1NC(=O)C#Cc1cccc(Br)c1. The fraction of sp³-hybridized carbons (Fsp3) is 0.174. The number of amides is 2. The summed E-state index contributed by atoms with van der Waals surface area (Å²) in [6, 6.07) is 11.5. The van der Waals surface area contributed by atoms with Crippen LogP contribution in [0.15, 0.2) is 53.1 Å². The smallest absolute Gasteiger partial charge is 0.432 e. The number of carbonyl (C=O) groups excluding carboxylic acids is 2. The molecule has 34 heavy (non-hydrogen) atoms. The van der Waals surface area contributed by atoms with Gasteiger partial charge in [0.15, 0.2) is 0 Å². The van der Waals surface area contributed by atoms with E-state index in [0.717, 1.165) is 4.47 Å². The molecule has 7 nitrogen and oxygen atoms in total. The third-order valence-corrected chi connectivity index (χ3v) is 4.75. The molecule has 1 heterocycles. The van der Waals surface area contributed by atoms with Crippen molar-refractivity contribution in [3.05, 3.63) is 64.4 Å². The zero-order valence-electron chi connectivity index (χ0n) is 17.7. The number of aromatic amines is 1. The van der Waals surface area contributed by atoms with Crippen molar-refractivity contribution in [3.8, 4) is 29.0 Å². The number of carbonyl (C=O) groups is 2. The van der Waals surface area contributed by atoms with Crippen molar-refractivity contribution >= 4 is 33.4 Å². The minimum Gasteiger partial charge on any atom is -0.490 e. The standard InChI is InChI=1S/C23H18BrF3N4O3/c1-14(32)28-9-10-34-19-7-6-16(22-29-13-20(31-22)23(25,26)27)12-18(19)30-21(33)8-5-15-3-2-4-17(24)11-15/h2-4,6-7,11-13H,9-10H2,1H3,(H,28,32)(H,29,31)(H,30,33). The Labute approximate surface area is 201 Å². The number of hydrogen-bond acceptors (Lipinski definition) is 4. The van der Waals surface area contributed by atoms with Gasteiger partial charge in [-0.05, 0) is 36.4 Å². The highest BCUT2D eigenvalue weighted by atomic mass is 79.9. The molecular weight excluding hydrogens is 517 g/mol. The van der Waals surface area contributed by atoms with E-state index in [1.165, 1.54) is 25.1 Å². The van der Waals surface area contributed by atoms with Crippen LogP contribution in [0.25, 0.3) is 11.4 Å². The molecule has 0 atom stereocenters. The van der Waals surface area contributed by atoms with Gasteiger partial charge in [-0.15, -0.1) is 0 Å². The molecule has 0 unspecified atom stereocenters. The van der Waals surface area contributed by atoms with Crippen molar-refractivity contribution in [1.82, 2.24) is 15.3 Å². The molecule has 3 rings (SSSR count). The minimum atomic E-state index is -4.57. The second kappa shape index (κ2) is 10.9. The van der Waals surface area contributed by atoms with Crippen LogP contribution in [-0.2, 0) is 15.8 Å². The molecule has 0 radical (unpaired) electrons. The van der Waals surface area contributed by atoms with Crippen LogP contribution in [0.2, 0.25) is 0 Å². The van der Waals surface area contributed by atoms with Crippen molar-refractivity contribution < 1.29 is 27.5 Å². The quantitative estimate of drug-likeness (QED) is 0.323. The van der Waals surface area contributed by atoms with Gasteiger partial charge in [0.2, 0.25) is 5.91 Å². The third-order valence-electron chi connectivity index (χ3n) is 4.26. The molecule has 0 saturated heterocycles. The van der Waals surface area contributed by atoms with E-state index < -0.39 is 17.8 Å². The second-order valence-corrected chi connectivity index (χ2v) is 7.82. The number of aromatic nitrogens is 2. The first kappa shape index (κ1) is 24.9. The molecule has 0 fully saturated rings. The van der Waals surface area contributed by atoms with E-state index in [-0.39, 0.29) is 36.3 Å². The summed E-state index contributed by atoms with van der Waals surface area (Å²) in [4.78, 5) is 29.5. The van der Waals surface area contributed by atoms with Gasteiger partial charge < -0.3 is 20.4 Å². The van der Waals surface area contributed by atoms with Gasteiger partial charge in [0.05, 0.1) is 18.4 Å². The molecule has 0 spiro atoms. The van der Waals surface area contributed by atoms with Gasteiger partial charge in [-0.25, -0.2) is 4.98 Å². The van der Waals surface area contributed by atoms with Crippen LogP contribution in [0, 0.1) is 11.8 Å². The van der Waals surface area contributed by atoms with Crippen LogP contribution in [-0.4, -0.2) is 34.9 Å². The first-order valence-electron chi connectivity index (χ1n) is 9.84. The molecule has 176 valence electrons. The first-order valence-corrected chi connectivity index (χ1v) is 10.6. The number of H-pyrrole nitrogens is 1. The molecule has 11 heteroatoms. The molecule has 0 saturated carbocycles. The normalized spacial score (nSPS) is 10.7. The van der Waals surface area contributed by atoms with Gasteiger partial charge in [0.25, 0.3) is 0 Å². The lowest BCUT2D eigenvalue weighted by Crippen LogP contribution is -2.25. The van der Waals surface area contributed by atoms with Crippen molar-refractivity contribution in [2.24, 2.45) is 0 Å². The van der Waals surface area contributed by atoms with Crippen molar-refractivity contribution in [2.45, 2.75) is 13.1 Å². The van der Waals surface area contributed by atoms with Gasteiger partial charge in [0.1, 0.15) is 23.9 Å². The van der Waals surface area contributed by atoms with Crippen molar-refractivity contribution in [1.29, 1.82) is 0 Å². The summed E-state index contributed by atoms with van der Waals surface area (Å²) in [5.74, 6) is 4.52. The highest BCUT2D eigenvalue weighted by Gasteiger charge is 2.33. The maximum atomic E-state index is 12.9. The number of imidazole rings is 1. The highest BCUT2D eigenvalue weighted by molar-refractivity contribution is 9.10. The number of nitrogens with zero attached hydrogens (tertiary/aromatic N) is 1. The summed E-state index contributed by atoms with van der Waals surface area (Å²) in [5, 5.41) is 5.17. The lowest BCUT2D eigenvalue weighted by atomic mass is 10.1. The Balaban J connectivity index is 1.84. The summed E-state index contributed by atoms with van der Waals surface area (Å²) < 4.78 is 45.2. The molecule has 0 aliphatic heterocycles. The third kappa shape index (κ3) is 7.11. The second-order valence-electron chi connectivity index (χ2n) is 6.90. The maximum Gasteiger partial charge on any atom is 0.432 e. The number of anilines is 1. The number of nitrogens with one attached hydrogen (secondary N) is 3. The average molecular weight is 535 g/mol. The van der Waals surface area contributed by atoms with Crippen LogP contribution in [0.1, 0.15) is 18.2 Å². The number of benzene rings is 2. The zero-order chi connectivity index (χ0) is 24.7.